The van der Waals surface area contributed by atoms with Crippen molar-refractivity contribution < 1.29 is 4.79 Å². The van der Waals surface area contributed by atoms with Crippen LogP contribution in [0.5, 0.6) is 0 Å². The third kappa shape index (κ3) is 2.26. The molecule has 14 heavy (non-hydrogen) atoms. The Kier molecular flexibility index (Phi) is 3.96. The van der Waals surface area contributed by atoms with E-state index in [1.54, 1.807) is 23.1 Å². The topological polar surface area (TPSA) is 20.3 Å². The van der Waals surface area contributed by atoms with Crippen LogP contribution in [0.1, 0.15) is 24.2 Å². The maximum absolute atomic E-state index is 11.9. The van der Waals surface area contributed by atoms with Gasteiger partial charge in [-0.15, -0.1) is 0 Å². The van der Waals surface area contributed by atoms with Crippen molar-refractivity contribution in [1.29, 1.82) is 0 Å². The van der Waals surface area contributed by atoms with Gasteiger partial charge in [-0.3, -0.25) is 4.79 Å². The highest BCUT2D eigenvalue weighted by Crippen LogP contribution is 2.16. The number of nitrogens with zero attached hydrogens (tertiary/aromatic N) is 1. The minimum Gasteiger partial charge on any atom is -0.339 e. The second-order valence-corrected chi connectivity index (χ2v) is 3.29. The Hall–Kier alpha value is -1.02. The molecule has 0 aliphatic carbocycles. The van der Waals surface area contributed by atoms with Crippen LogP contribution in [0.25, 0.3) is 0 Å². The summed E-state index contributed by atoms with van der Waals surface area (Å²) in [5.41, 5.74) is 0.550. The molecule has 0 aromatic heterocycles. The lowest BCUT2D eigenvalue weighted by Gasteiger charge is -2.18. The van der Waals surface area contributed by atoms with E-state index in [1.165, 1.54) is 0 Å². The van der Waals surface area contributed by atoms with Crippen LogP contribution in [0.2, 0.25) is 5.02 Å². The van der Waals surface area contributed by atoms with Crippen molar-refractivity contribution in [1.82, 2.24) is 4.90 Å². The molecule has 0 aliphatic rings. The Morgan fingerprint density at radius 2 is 2.14 bits per heavy atom. The molecule has 0 N–H and O–H groups in total. The molecule has 0 atom stereocenters. The number of amides is 1. The summed E-state index contributed by atoms with van der Waals surface area (Å²) in [5.74, 6) is -0.0194. The molecule has 0 saturated heterocycles. The second kappa shape index (κ2) is 5.01. The zero-order valence-corrected chi connectivity index (χ0v) is 9.14. The highest BCUT2D eigenvalue weighted by atomic mass is 35.5. The Balaban J connectivity index is 2.94. The lowest BCUT2D eigenvalue weighted by molar-refractivity contribution is 0.0773. The van der Waals surface area contributed by atoms with E-state index < -0.39 is 0 Å². The van der Waals surface area contributed by atoms with Crippen LogP contribution < -0.4 is 0 Å². The van der Waals surface area contributed by atoms with Crippen molar-refractivity contribution in [2.75, 3.05) is 13.1 Å². The minimum absolute atomic E-state index is 0.0194. The van der Waals surface area contributed by atoms with Crippen LogP contribution in [0.4, 0.5) is 0 Å². The number of hydrogen-bond donors (Lipinski definition) is 0. The first-order chi connectivity index (χ1) is 6.70. The zero-order chi connectivity index (χ0) is 10.6. The predicted octanol–water partition coefficient (Wildman–Crippen LogP) is 2.62. The van der Waals surface area contributed by atoms with E-state index >= 15 is 0 Å². The highest BCUT2D eigenvalue weighted by molar-refractivity contribution is 6.33. The smallest absolute Gasteiger partial charge is 0.255 e. The van der Waals surface area contributed by atoms with Crippen molar-refractivity contribution in [3.8, 4) is 0 Å². The van der Waals surface area contributed by atoms with Gasteiger partial charge >= 0.3 is 0 Å². The van der Waals surface area contributed by atoms with Gasteiger partial charge in [-0.05, 0) is 32.0 Å². The summed E-state index contributed by atoms with van der Waals surface area (Å²) in [6, 6.07) is 7.83. The molecule has 0 fully saturated rings. The summed E-state index contributed by atoms with van der Waals surface area (Å²) in [7, 11) is 0. The van der Waals surface area contributed by atoms with E-state index in [9.17, 15) is 4.79 Å². The Morgan fingerprint density at radius 3 is 2.64 bits per heavy atom. The Morgan fingerprint density at radius 1 is 1.50 bits per heavy atom. The Labute approximate surface area is 89.5 Å². The molecule has 0 aliphatic heterocycles. The second-order valence-electron chi connectivity index (χ2n) is 2.88. The maximum atomic E-state index is 11.9. The summed E-state index contributed by atoms with van der Waals surface area (Å²) >= 11 is 5.90. The van der Waals surface area contributed by atoms with E-state index in [2.05, 4.69) is 6.07 Å². The Bertz CT molecular complexity index is 321. The van der Waals surface area contributed by atoms with E-state index in [1.807, 2.05) is 13.8 Å². The largest absolute Gasteiger partial charge is 0.339 e. The van der Waals surface area contributed by atoms with E-state index in [0.29, 0.717) is 23.7 Å². The number of benzene rings is 1. The quantitative estimate of drug-likeness (QED) is 0.751. The van der Waals surface area contributed by atoms with Gasteiger partial charge in [0.2, 0.25) is 0 Å². The third-order valence-corrected chi connectivity index (χ3v) is 2.41. The average molecular weight is 211 g/mol. The van der Waals surface area contributed by atoms with E-state index in [0.717, 1.165) is 0 Å². The van der Waals surface area contributed by atoms with Gasteiger partial charge in [0.1, 0.15) is 0 Å². The highest BCUT2D eigenvalue weighted by Gasteiger charge is 2.14. The van der Waals surface area contributed by atoms with E-state index in [-0.39, 0.29) is 5.91 Å². The average Bonchev–Trinajstić information content (AvgIpc) is 2.20. The fourth-order valence-corrected chi connectivity index (χ4v) is 1.47. The van der Waals surface area contributed by atoms with Crippen molar-refractivity contribution in [2.45, 2.75) is 13.8 Å². The summed E-state index contributed by atoms with van der Waals surface area (Å²) in [6.07, 6.45) is 0. The number of rotatable bonds is 3. The first-order valence-corrected chi connectivity index (χ1v) is 5.03. The standard InChI is InChI=1S/C11H13ClNO/c1-3-13(4-2)11(14)9-7-5-6-8-10(9)12/h5,7-8H,3-4H2,1-2H3. The molecule has 1 aromatic rings. The van der Waals surface area contributed by atoms with Gasteiger partial charge in [0, 0.05) is 13.1 Å². The van der Waals surface area contributed by atoms with Gasteiger partial charge in [-0.2, -0.15) is 0 Å². The first-order valence-electron chi connectivity index (χ1n) is 4.65. The maximum Gasteiger partial charge on any atom is 0.255 e. The fourth-order valence-electron chi connectivity index (χ4n) is 1.26. The lowest BCUT2D eigenvalue weighted by atomic mass is 10.2. The molecule has 3 heteroatoms. The van der Waals surface area contributed by atoms with Crippen LogP contribution in [-0.4, -0.2) is 23.9 Å². The molecule has 0 heterocycles. The molecule has 75 valence electrons. The molecule has 1 aromatic carbocycles. The predicted molar refractivity (Wildman–Crippen MR) is 57.5 cm³/mol. The fraction of sp³-hybridized carbons (Fsp3) is 0.364. The van der Waals surface area contributed by atoms with Gasteiger partial charge in [-0.1, -0.05) is 17.7 Å². The molecule has 0 saturated carbocycles. The monoisotopic (exact) mass is 210 g/mol. The summed E-state index contributed by atoms with van der Waals surface area (Å²) in [5, 5.41) is 0.462. The van der Waals surface area contributed by atoms with Gasteiger partial charge in [0.15, 0.2) is 0 Å². The first kappa shape index (κ1) is 11.1. The molecule has 0 spiro atoms. The molecule has 1 rings (SSSR count). The van der Waals surface area contributed by atoms with Gasteiger partial charge in [0.05, 0.1) is 10.6 Å². The molecular weight excluding hydrogens is 198 g/mol. The molecule has 1 amide bonds. The number of carbonyl (C=O) groups excluding carboxylic acids is 1. The van der Waals surface area contributed by atoms with Gasteiger partial charge in [0.25, 0.3) is 5.91 Å². The number of carbonyl (C=O) groups is 1. The summed E-state index contributed by atoms with van der Waals surface area (Å²) in [6.45, 7) is 5.29. The molecule has 2 nitrogen and oxygen atoms in total. The van der Waals surface area contributed by atoms with Crippen LogP contribution in [0.15, 0.2) is 18.2 Å². The summed E-state index contributed by atoms with van der Waals surface area (Å²) < 4.78 is 0. The minimum atomic E-state index is -0.0194. The van der Waals surface area contributed by atoms with Crippen molar-refractivity contribution in [3.63, 3.8) is 0 Å². The van der Waals surface area contributed by atoms with E-state index in [4.69, 9.17) is 11.6 Å². The normalized spacial score (nSPS) is 9.93. The van der Waals surface area contributed by atoms with Gasteiger partial charge in [-0.25, -0.2) is 0 Å². The van der Waals surface area contributed by atoms with Crippen molar-refractivity contribution >= 4 is 17.5 Å². The van der Waals surface area contributed by atoms with Crippen LogP contribution in [-0.2, 0) is 0 Å². The summed E-state index contributed by atoms with van der Waals surface area (Å²) in [4.78, 5) is 13.6. The molecule has 1 radical (unpaired) electrons. The number of halogens is 1. The molecule has 0 bridgehead atoms. The van der Waals surface area contributed by atoms with Crippen molar-refractivity contribution in [3.05, 3.63) is 34.9 Å². The van der Waals surface area contributed by atoms with Crippen LogP contribution in [0, 0.1) is 6.07 Å². The molecule has 0 unspecified atom stereocenters. The molecular formula is C11H13ClNO. The SMILES string of the molecule is CCN(CC)C(=O)c1cc[c]cc1Cl. The van der Waals surface area contributed by atoms with Gasteiger partial charge < -0.3 is 4.90 Å². The van der Waals surface area contributed by atoms with Crippen molar-refractivity contribution in [2.24, 2.45) is 0 Å². The van der Waals surface area contributed by atoms with Crippen LogP contribution >= 0.6 is 11.6 Å². The number of hydrogen-bond acceptors (Lipinski definition) is 1. The third-order valence-electron chi connectivity index (χ3n) is 2.09. The van der Waals surface area contributed by atoms with Crippen LogP contribution in [0.3, 0.4) is 0 Å². The lowest BCUT2D eigenvalue weighted by Crippen LogP contribution is -2.30. The zero-order valence-electron chi connectivity index (χ0n) is 8.38.